The molecule has 0 aromatic heterocycles. The van der Waals surface area contributed by atoms with E-state index in [1.807, 2.05) is 0 Å². The molecular weight excluding hydrogens is 536 g/mol. The average molecular weight is 569 g/mol. The fraction of sp³-hybridized carbons (Fsp3) is 1.00. The first-order valence-electron chi connectivity index (χ1n) is 10.8. The van der Waals surface area contributed by atoms with Crippen LogP contribution in [0.5, 0.6) is 0 Å². The maximum atomic E-state index is 11.2. The molecule has 0 aromatic carbocycles. The summed E-state index contributed by atoms with van der Waals surface area (Å²) < 4.78 is 15.7. The summed E-state index contributed by atoms with van der Waals surface area (Å²) in [5, 5.41) is 132. The van der Waals surface area contributed by atoms with Gasteiger partial charge in [0.25, 0.3) is 0 Å². The zero-order valence-electron chi connectivity index (χ0n) is 18.5. The summed E-state index contributed by atoms with van der Waals surface area (Å²) in [5.74, 6) is 0. The first kappa shape index (κ1) is 30.6. The van der Waals surface area contributed by atoms with E-state index in [0.717, 1.165) is 0 Å². The van der Waals surface area contributed by atoms with E-state index in [1.54, 1.807) is 0 Å². The number of hydrogen-bond donors (Lipinski definition) is 13. The van der Waals surface area contributed by atoms with Gasteiger partial charge in [-0.2, -0.15) is 0 Å². The van der Waals surface area contributed by atoms with E-state index in [-0.39, 0.29) is 23.5 Å². The van der Waals surface area contributed by atoms with Gasteiger partial charge < -0.3 is 80.6 Å². The second-order valence-corrected chi connectivity index (χ2v) is 11.4. The number of thioether (sulfide) groups is 2. The van der Waals surface area contributed by atoms with Crippen molar-refractivity contribution in [3.8, 4) is 0 Å². The number of ether oxygens (including phenoxy) is 3. The van der Waals surface area contributed by atoms with Gasteiger partial charge in [0.2, 0.25) is 0 Å². The van der Waals surface area contributed by atoms with Crippen molar-refractivity contribution < 1.29 is 80.6 Å². The van der Waals surface area contributed by atoms with Gasteiger partial charge in [-0.3, -0.25) is 0 Å². The molecule has 36 heavy (non-hydrogen) atoms. The van der Waals surface area contributed by atoms with Gasteiger partial charge in [-0.15, -0.1) is 0 Å². The van der Waals surface area contributed by atoms with E-state index in [9.17, 15) is 66.4 Å². The highest BCUT2D eigenvalue weighted by atomic mass is 32.2. The summed E-state index contributed by atoms with van der Waals surface area (Å²) in [6.45, 7) is -2.75. The molecule has 0 radical (unpaired) electrons. The molecule has 3 aliphatic rings. The third-order valence-corrected chi connectivity index (χ3v) is 9.39. The summed E-state index contributed by atoms with van der Waals surface area (Å²) in [5.41, 5.74) is -3.32. The average Bonchev–Trinajstić information content (AvgIpc) is 2.86. The Kier molecular flexibility index (Phi) is 9.91. The van der Waals surface area contributed by atoms with Crippen LogP contribution < -0.4 is 0 Å². The van der Waals surface area contributed by atoms with Crippen LogP contribution in [0.1, 0.15) is 0 Å². The smallest absolute Gasteiger partial charge is 0.184 e. The van der Waals surface area contributed by atoms with Crippen molar-refractivity contribution in [2.75, 3.05) is 19.8 Å². The van der Waals surface area contributed by atoms with Crippen LogP contribution in [-0.2, 0) is 14.2 Å². The summed E-state index contributed by atoms with van der Waals surface area (Å²) >= 11 is 0.394. The van der Waals surface area contributed by atoms with Crippen molar-refractivity contribution in [3.63, 3.8) is 0 Å². The van der Waals surface area contributed by atoms with Crippen LogP contribution in [0.2, 0.25) is 0 Å². The van der Waals surface area contributed by atoms with Crippen molar-refractivity contribution in [2.45, 2.75) is 88.1 Å². The molecular formula is C18H32O16S2. The van der Waals surface area contributed by atoms with Crippen molar-refractivity contribution in [1.29, 1.82) is 0 Å². The second-order valence-electron chi connectivity index (χ2n) is 8.68. The lowest BCUT2D eigenvalue weighted by Crippen LogP contribution is -2.69. The zero-order chi connectivity index (χ0) is 27.2. The molecule has 16 nitrogen and oxygen atoms in total. The quantitative estimate of drug-likeness (QED) is 0.127. The molecule has 3 aliphatic heterocycles. The van der Waals surface area contributed by atoms with E-state index in [0.29, 0.717) is 0 Å². The van der Waals surface area contributed by atoms with Gasteiger partial charge in [-0.05, 0) is 0 Å². The highest BCUT2D eigenvalue weighted by Crippen LogP contribution is 2.49. The molecule has 0 saturated carbocycles. The normalized spacial score (nSPS) is 54.4. The van der Waals surface area contributed by atoms with Crippen molar-refractivity contribution in [2.24, 2.45) is 0 Å². The Bertz CT molecular complexity index is 729. The molecule has 0 unspecified atom stereocenters. The molecule has 212 valence electrons. The fourth-order valence-corrected chi connectivity index (χ4v) is 6.98. The minimum absolute atomic E-state index is 0.172. The second kappa shape index (κ2) is 11.7. The lowest BCUT2D eigenvalue weighted by Gasteiger charge is -2.52. The summed E-state index contributed by atoms with van der Waals surface area (Å²) in [7, 11) is 0. The Morgan fingerprint density at radius 3 is 1.50 bits per heavy atom. The number of rotatable bonds is 7. The Morgan fingerprint density at radius 1 is 0.528 bits per heavy atom. The molecule has 0 bridgehead atoms. The Morgan fingerprint density at radius 2 is 1.00 bits per heavy atom. The van der Waals surface area contributed by atoms with Gasteiger partial charge in [-0.25, -0.2) is 0 Å². The van der Waals surface area contributed by atoms with Crippen LogP contribution in [0, 0.1) is 0 Å². The maximum Gasteiger partial charge on any atom is 0.184 e. The fourth-order valence-electron chi connectivity index (χ4n) is 4.13. The lowest BCUT2D eigenvalue weighted by atomic mass is 9.98. The van der Waals surface area contributed by atoms with E-state index in [4.69, 9.17) is 14.2 Å². The van der Waals surface area contributed by atoms with Crippen LogP contribution in [0.4, 0.5) is 0 Å². The number of aliphatic hydroxyl groups excluding tert-OH is 11. The van der Waals surface area contributed by atoms with Crippen molar-refractivity contribution in [3.05, 3.63) is 0 Å². The van der Waals surface area contributed by atoms with Crippen LogP contribution in [-0.4, -0.2) is 174 Å². The molecule has 3 saturated heterocycles. The molecule has 13 N–H and O–H groups in total. The third-order valence-electron chi connectivity index (χ3n) is 6.38. The molecule has 0 spiro atoms. The van der Waals surface area contributed by atoms with Gasteiger partial charge in [0, 0.05) is 0 Å². The van der Waals surface area contributed by atoms with Crippen LogP contribution in [0.15, 0.2) is 0 Å². The molecule has 15 atom stereocenters. The predicted molar refractivity (Wildman–Crippen MR) is 117 cm³/mol. The van der Waals surface area contributed by atoms with Crippen molar-refractivity contribution in [1.82, 2.24) is 0 Å². The van der Waals surface area contributed by atoms with E-state index in [2.05, 4.69) is 0 Å². The van der Waals surface area contributed by atoms with Crippen molar-refractivity contribution >= 4 is 23.5 Å². The zero-order valence-corrected chi connectivity index (χ0v) is 20.1. The van der Waals surface area contributed by atoms with Gasteiger partial charge in [0.15, 0.2) is 16.2 Å². The predicted octanol–water partition coefficient (Wildman–Crippen LogP) is -7.50. The molecule has 3 fully saturated rings. The minimum Gasteiger partial charge on any atom is -0.394 e. The minimum atomic E-state index is -2.63. The summed E-state index contributed by atoms with van der Waals surface area (Å²) in [6.07, 6.45) is -20.6. The molecule has 0 amide bonds. The Hall–Kier alpha value is 0.0600. The topological polar surface area (TPSA) is 291 Å². The van der Waals surface area contributed by atoms with Crippen LogP contribution in [0.25, 0.3) is 0 Å². The molecule has 18 heteroatoms. The largest absolute Gasteiger partial charge is 0.394 e. The van der Waals surface area contributed by atoms with Gasteiger partial charge >= 0.3 is 0 Å². The first-order valence-corrected chi connectivity index (χ1v) is 12.6. The SMILES string of the molecule is OC[C@H]1O[C@@H](S[C@]2(O)[C@H](O)[C@@H](O)[C@H](S[C@@]3(O)[C@H](O)[C@@H](O)[C@@H](O)O[C@@H]3CO)O[C@@H]2CO)[C@H](O)[C@@H](O)[C@@H]1O. The third kappa shape index (κ3) is 5.27. The van der Waals surface area contributed by atoms with Gasteiger partial charge in [0.1, 0.15) is 71.9 Å². The highest BCUT2D eigenvalue weighted by molar-refractivity contribution is 8.01. The molecule has 3 heterocycles. The summed E-state index contributed by atoms with van der Waals surface area (Å²) in [6, 6.07) is 0. The van der Waals surface area contributed by atoms with E-state index >= 15 is 0 Å². The van der Waals surface area contributed by atoms with E-state index in [1.165, 1.54) is 0 Å². The van der Waals surface area contributed by atoms with Gasteiger partial charge in [0.05, 0.1) is 19.8 Å². The standard InChI is InChI=1S/C18H32O16S2/c19-1-4-7(22)8(23)9(24)15(32-4)35-18(31)6(3-21)34-16(11(26)13(18)28)36-17(30)5(2-20)33-14(29)10(25)12(17)27/h4-16,19-31H,1-3H2/t4-,5-,6-,7-,8+,9-,10-,11-,12-,13-,14+,15+,16+,17-,18+/m1/s1. The van der Waals surface area contributed by atoms with Crippen LogP contribution in [0.3, 0.4) is 0 Å². The van der Waals surface area contributed by atoms with Crippen LogP contribution >= 0.6 is 23.5 Å². The molecule has 3 rings (SSSR count). The highest BCUT2D eigenvalue weighted by Gasteiger charge is 2.62. The summed E-state index contributed by atoms with van der Waals surface area (Å²) in [4.78, 5) is -5.24. The Labute approximate surface area is 212 Å². The maximum absolute atomic E-state index is 11.2. The number of aliphatic hydroxyl groups is 13. The lowest BCUT2D eigenvalue weighted by molar-refractivity contribution is -0.297. The number of hydrogen-bond acceptors (Lipinski definition) is 18. The molecule has 0 aromatic rings. The Balaban J connectivity index is 1.82. The van der Waals surface area contributed by atoms with Gasteiger partial charge in [-0.1, -0.05) is 23.5 Å². The first-order chi connectivity index (χ1) is 16.8. The monoisotopic (exact) mass is 568 g/mol. The van der Waals surface area contributed by atoms with E-state index < -0.39 is 108 Å². The molecule has 0 aliphatic carbocycles.